The van der Waals surface area contributed by atoms with Gasteiger partial charge < -0.3 is 5.73 Å². The predicted molar refractivity (Wildman–Crippen MR) is 79.4 cm³/mol. The van der Waals surface area contributed by atoms with Crippen molar-refractivity contribution in [3.8, 4) is 18.0 Å². The van der Waals surface area contributed by atoms with Crippen molar-refractivity contribution in [3.63, 3.8) is 0 Å². The van der Waals surface area contributed by atoms with Crippen LogP contribution in [0.15, 0.2) is 24.3 Å². The zero-order valence-electron chi connectivity index (χ0n) is 12.1. The van der Waals surface area contributed by atoms with E-state index in [1.165, 1.54) is 4.68 Å². The number of nitrogens with two attached hydrogens (primary N) is 1. The van der Waals surface area contributed by atoms with Crippen LogP contribution in [0, 0.1) is 24.2 Å². The topological polar surface area (TPSA) is 60.9 Å². The molecule has 1 unspecified atom stereocenters. The standard InChI is InChI=1S/C17H13F2N3O/c1-2-9-4-3-5-10(6-9)22-14-8-13-12(17(13,18)19)7-11(14)15(21-22)16(20)23/h1,3-6,12-13H,7-8H2,(H2,20,23)/t12?,13-/m1/s1. The van der Waals surface area contributed by atoms with Gasteiger partial charge >= 0.3 is 0 Å². The van der Waals surface area contributed by atoms with Gasteiger partial charge in [-0.3, -0.25) is 4.79 Å². The minimum atomic E-state index is -2.67. The number of benzene rings is 1. The summed E-state index contributed by atoms with van der Waals surface area (Å²) in [7, 11) is 0. The zero-order valence-corrected chi connectivity index (χ0v) is 12.1. The van der Waals surface area contributed by atoms with E-state index in [4.69, 9.17) is 12.2 Å². The SMILES string of the molecule is C#Cc1cccc(-n2nc(C(N)=O)c3c2C[C@@H]2C(C3)C2(F)F)c1. The highest BCUT2D eigenvalue weighted by atomic mass is 19.3. The number of carbonyl (C=O) groups excluding carboxylic acids is 1. The maximum atomic E-state index is 13.8. The highest BCUT2D eigenvalue weighted by Gasteiger charge is 2.69. The molecule has 1 aromatic heterocycles. The zero-order chi connectivity index (χ0) is 16.4. The van der Waals surface area contributed by atoms with Gasteiger partial charge in [0.1, 0.15) is 0 Å². The minimum Gasteiger partial charge on any atom is -0.364 e. The number of hydrogen-bond donors (Lipinski definition) is 1. The number of primary amides is 1. The molecule has 0 radical (unpaired) electrons. The van der Waals surface area contributed by atoms with Gasteiger partial charge in [0.05, 0.1) is 5.69 Å². The number of fused-ring (bicyclic) bond motifs is 2. The molecular formula is C17H13F2N3O. The Hall–Kier alpha value is -2.68. The monoisotopic (exact) mass is 313 g/mol. The Bertz CT molecular complexity index is 878. The van der Waals surface area contributed by atoms with Gasteiger partial charge in [0.2, 0.25) is 0 Å². The molecule has 116 valence electrons. The van der Waals surface area contributed by atoms with Gasteiger partial charge in [-0.2, -0.15) is 5.10 Å². The number of rotatable bonds is 2. The number of carbonyl (C=O) groups is 1. The summed E-state index contributed by atoms with van der Waals surface area (Å²) in [5.74, 6) is -2.23. The molecule has 2 aliphatic carbocycles. The molecule has 1 heterocycles. The molecule has 2 aromatic rings. The van der Waals surface area contributed by atoms with Crippen molar-refractivity contribution in [1.82, 2.24) is 9.78 Å². The van der Waals surface area contributed by atoms with Crippen LogP contribution in [0.25, 0.3) is 5.69 Å². The van der Waals surface area contributed by atoms with Crippen molar-refractivity contribution < 1.29 is 13.6 Å². The Balaban J connectivity index is 1.86. The molecule has 0 spiro atoms. The lowest BCUT2D eigenvalue weighted by molar-refractivity contribution is 0.0850. The molecule has 2 N–H and O–H groups in total. The summed E-state index contributed by atoms with van der Waals surface area (Å²) in [4.78, 5) is 11.6. The van der Waals surface area contributed by atoms with Crippen LogP contribution in [-0.2, 0) is 12.8 Å². The van der Waals surface area contributed by atoms with Gasteiger partial charge in [0.25, 0.3) is 11.8 Å². The molecule has 0 bridgehead atoms. The van der Waals surface area contributed by atoms with Crippen molar-refractivity contribution >= 4 is 5.91 Å². The van der Waals surface area contributed by atoms with Crippen molar-refractivity contribution in [2.45, 2.75) is 18.8 Å². The largest absolute Gasteiger partial charge is 0.364 e. The summed E-state index contributed by atoms with van der Waals surface area (Å²) >= 11 is 0. The average molecular weight is 313 g/mol. The third kappa shape index (κ3) is 1.89. The van der Waals surface area contributed by atoms with Gasteiger partial charge in [0, 0.05) is 28.7 Å². The normalized spacial score (nSPS) is 23.5. The lowest BCUT2D eigenvalue weighted by Gasteiger charge is -2.12. The maximum absolute atomic E-state index is 13.8. The van der Waals surface area contributed by atoms with Crippen LogP contribution < -0.4 is 5.73 Å². The molecule has 0 aliphatic heterocycles. The number of hydrogen-bond acceptors (Lipinski definition) is 2. The predicted octanol–water partition coefficient (Wildman–Crippen LogP) is 1.93. The summed E-state index contributed by atoms with van der Waals surface area (Å²) < 4.78 is 29.0. The molecule has 1 amide bonds. The smallest absolute Gasteiger partial charge is 0.269 e. The Morgan fingerprint density at radius 2 is 2.13 bits per heavy atom. The number of aromatic nitrogens is 2. The van der Waals surface area contributed by atoms with E-state index in [1.807, 2.05) is 0 Å². The second-order valence-electron chi connectivity index (χ2n) is 6.04. The number of halogens is 2. The summed E-state index contributed by atoms with van der Waals surface area (Å²) in [5, 5.41) is 4.27. The Kier molecular flexibility index (Phi) is 2.68. The molecule has 1 aromatic carbocycles. The summed E-state index contributed by atoms with van der Waals surface area (Å²) in [6.07, 6.45) is 5.73. The first-order valence-electron chi connectivity index (χ1n) is 7.29. The number of amides is 1. The van der Waals surface area contributed by atoms with Crippen LogP contribution >= 0.6 is 0 Å². The lowest BCUT2D eigenvalue weighted by Crippen LogP contribution is -2.15. The van der Waals surface area contributed by atoms with E-state index in [0.29, 0.717) is 22.5 Å². The van der Waals surface area contributed by atoms with Gasteiger partial charge in [0.15, 0.2) is 5.69 Å². The number of nitrogens with zero attached hydrogens (tertiary/aromatic N) is 2. The minimum absolute atomic E-state index is 0.0762. The van der Waals surface area contributed by atoms with Crippen LogP contribution in [0.1, 0.15) is 27.3 Å². The van der Waals surface area contributed by atoms with Gasteiger partial charge in [-0.25, -0.2) is 13.5 Å². The third-order valence-electron chi connectivity index (χ3n) is 4.78. The highest BCUT2D eigenvalue weighted by molar-refractivity contribution is 5.92. The molecule has 2 atom stereocenters. The Labute approximate surface area is 131 Å². The Morgan fingerprint density at radius 3 is 2.83 bits per heavy atom. The fraction of sp³-hybridized carbons (Fsp3) is 0.294. The highest BCUT2D eigenvalue weighted by Crippen LogP contribution is 2.61. The fourth-order valence-corrected chi connectivity index (χ4v) is 3.49. The molecule has 1 saturated carbocycles. The van der Waals surface area contributed by atoms with Gasteiger partial charge in [-0.05, 0) is 31.0 Å². The Morgan fingerprint density at radius 1 is 1.39 bits per heavy atom. The van der Waals surface area contributed by atoms with E-state index in [9.17, 15) is 13.6 Å². The summed E-state index contributed by atoms with van der Waals surface area (Å²) in [5.41, 5.74) is 7.92. The maximum Gasteiger partial charge on any atom is 0.269 e. The van der Waals surface area contributed by atoms with Crippen LogP contribution in [-0.4, -0.2) is 21.6 Å². The first kappa shape index (κ1) is 13.9. The second-order valence-corrected chi connectivity index (χ2v) is 6.04. The van der Waals surface area contributed by atoms with Gasteiger partial charge in [-0.1, -0.05) is 12.0 Å². The average Bonchev–Trinajstić information content (AvgIpc) is 2.91. The number of alkyl halides is 2. The molecule has 2 aliphatic rings. The van der Waals surface area contributed by atoms with Gasteiger partial charge in [-0.15, -0.1) is 6.42 Å². The van der Waals surface area contributed by atoms with Crippen molar-refractivity contribution in [2.24, 2.45) is 17.6 Å². The third-order valence-corrected chi connectivity index (χ3v) is 4.78. The first-order valence-corrected chi connectivity index (χ1v) is 7.29. The van der Waals surface area contributed by atoms with E-state index >= 15 is 0 Å². The van der Waals surface area contributed by atoms with Crippen molar-refractivity contribution in [2.75, 3.05) is 0 Å². The summed E-state index contributed by atoms with van der Waals surface area (Å²) in [6, 6.07) is 7.03. The molecule has 4 rings (SSSR count). The van der Waals surface area contributed by atoms with E-state index < -0.39 is 23.7 Å². The molecule has 23 heavy (non-hydrogen) atoms. The van der Waals surface area contributed by atoms with E-state index in [-0.39, 0.29) is 18.5 Å². The van der Waals surface area contributed by atoms with E-state index in [2.05, 4.69) is 11.0 Å². The quantitative estimate of drug-likeness (QED) is 0.861. The van der Waals surface area contributed by atoms with Crippen molar-refractivity contribution in [3.05, 3.63) is 46.8 Å². The second kappa shape index (κ2) is 4.42. The molecule has 0 saturated heterocycles. The number of terminal acetylenes is 1. The fourth-order valence-electron chi connectivity index (χ4n) is 3.49. The molecule has 1 fully saturated rings. The van der Waals surface area contributed by atoms with Crippen LogP contribution in [0.2, 0.25) is 0 Å². The van der Waals surface area contributed by atoms with E-state index in [1.54, 1.807) is 24.3 Å². The first-order chi connectivity index (χ1) is 10.9. The molecule has 4 nitrogen and oxygen atoms in total. The molecular weight excluding hydrogens is 300 g/mol. The van der Waals surface area contributed by atoms with E-state index in [0.717, 1.165) is 0 Å². The van der Waals surface area contributed by atoms with Crippen LogP contribution in [0.4, 0.5) is 8.78 Å². The lowest BCUT2D eigenvalue weighted by atomic mass is 9.95. The summed E-state index contributed by atoms with van der Waals surface area (Å²) in [6.45, 7) is 0. The van der Waals surface area contributed by atoms with Crippen molar-refractivity contribution in [1.29, 1.82) is 0 Å². The van der Waals surface area contributed by atoms with Crippen LogP contribution in [0.3, 0.4) is 0 Å². The van der Waals surface area contributed by atoms with Crippen LogP contribution in [0.5, 0.6) is 0 Å². The molecule has 6 heteroatoms.